The molecule has 0 aromatic heterocycles. The van der Waals surface area contributed by atoms with Crippen LogP contribution in [0.15, 0.2) is 74.9 Å². The lowest BCUT2D eigenvalue weighted by Gasteiger charge is -2.07. The number of esters is 2. The van der Waals surface area contributed by atoms with Crippen molar-refractivity contribution in [3.63, 3.8) is 0 Å². The highest BCUT2D eigenvalue weighted by molar-refractivity contribution is 6.03. The molecule has 0 fully saturated rings. The fourth-order valence-corrected chi connectivity index (χ4v) is 1.72. The largest absolute Gasteiger partial charge is 0.458 e. The molecule has 0 atom stereocenters. The molecule has 152 valence electrons. The van der Waals surface area contributed by atoms with E-state index in [-0.39, 0.29) is 24.3 Å². The number of rotatable bonds is 13. The topological polar surface area (TPSA) is 71.1 Å². The van der Waals surface area contributed by atoms with Crippen LogP contribution in [0.2, 0.25) is 0 Å². The minimum atomic E-state index is -0.582. The van der Waals surface area contributed by atoms with Crippen molar-refractivity contribution in [1.82, 2.24) is 0 Å². The molecule has 0 aliphatic carbocycles. The molecule has 0 aliphatic rings. The van der Waals surface area contributed by atoms with E-state index in [1.54, 1.807) is 24.3 Å². The van der Waals surface area contributed by atoms with Crippen molar-refractivity contribution in [2.24, 2.45) is 0 Å². The van der Waals surface area contributed by atoms with E-state index in [0.717, 1.165) is 0 Å². The number of hydrogen-bond donors (Lipinski definition) is 0. The maximum Gasteiger partial charge on any atom is 0.339 e. The van der Waals surface area contributed by atoms with Crippen molar-refractivity contribution in [2.75, 3.05) is 39.6 Å². The maximum absolute atomic E-state index is 11.7. The van der Waals surface area contributed by atoms with Crippen molar-refractivity contribution >= 4 is 11.9 Å². The summed E-state index contributed by atoms with van der Waals surface area (Å²) in [6.07, 6.45) is 6.34. The first-order valence-electron chi connectivity index (χ1n) is 8.64. The highest BCUT2D eigenvalue weighted by Crippen LogP contribution is 2.12. The number of ether oxygens (including phenoxy) is 4. The summed E-state index contributed by atoms with van der Waals surface area (Å²) in [5.41, 5.74) is 0.349. The fourth-order valence-electron chi connectivity index (χ4n) is 1.72. The third-order valence-electron chi connectivity index (χ3n) is 2.87. The molecule has 0 saturated carbocycles. The van der Waals surface area contributed by atoms with E-state index in [4.69, 9.17) is 18.9 Å². The van der Waals surface area contributed by atoms with Gasteiger partial charge in [0.05, 0.1) is 37.6 Å². The summed E-state index contributed by atoms with van der Waals surface area (Å²) in [6, 6.07) is 6.31. The Morgan fingerprint density at radius 2 is 1.04 bits per heavy atom. The predicted octanol–water partition coefficient (Wildman–Crippen LogP) is 3.76. The van der Waals surface area contributed by atoms with Gasteiger partial charge in [-0.25, -0.2) is 9.59 Å². The standard InChI is InChI=1S/C14H14O4.C8H14O2/c1-3-9-17-13(15)11-7-5-6-8-12(11)14(16)18-10-4-2;1-3-5-9-7-8-10-6-4-2/h3-8H,1-2,9-10H2;3-4H,1-2,5-8H2. The molecule has 0 aliphatic heterocycles. The molecule has 0 N–H and O–H groups in total. The lowest BCUT2D eigenvalue weighted by molar-refractivity contribution is 0.0503. The molecule has 0 spiro atoms. The third kappa shape index (κ3) is 11.6. The van der Waals surface area contributed by atoms with Gasteiger partial charge in [-0.15, -0.1) is 13.2 Å². The van der Waals surface area contributed by atoms with Gasteiger partial charge >= 0.3 is 11.9 Å². The molecular weight excluding hydrogens is 360 g/mol. The summed E-state index contributed by atoms with van der Waals surface area (Å²) in [5, 5.41) is 0. The molecular formula is C22H28O6. The Morgan fingerprint density at radius 1 is 0.679 bits per heavy atom. The van der Waals surface area contributed by atoms with Crippen LogP contribution < -0.4 is 0 Å². The first-order chi connectivity index (χ1) is 13.6. The van der Waals surface area contributed by atoms with E-state index >= 15 is 0 Å². The molecule has 28 heavy (non-hydrogen) atoms. The Morgan fingerprint density at radius 3 is 1.36 bits per heavy atom. The van der Waals surface area contributed by atoms with Gasteiger partial charge in [0.15, 0.2) is 0 Å². The van der Waals surface area contributed by atoms with Gasteiger partial charge in [0.25, 0.3) is 0 Å². The molecule has 0 radical (unpaired) electrons. The molecule has 1 aromatic rings. The minimum absolute atomic E-state index is 0.0921. The van der Waals surface area contributed by atoms with E-state index in [1.165, 1.54) is 24.3 Å². The normalized spacial score (nSPS) is 9.29. The minimum Gasteiger partial charge on any atom is -0.458 e. The van der Waals surface area contributed by atoms with E-state index < -0.39 is 11.9 Å². The molecule has 0 amide bonds. The molecule has 0 saturated heterocycles. The fraction of sp³-hybridized carbons (Fsp3) is 0.273. The molecule has 1 rings (SSSR count). The number of carbonyl (C=O) groups is 2. The summed E-state index contributed by atoms with van der Waals surface area (Å²) >= 11 is 0. The zero-order valence-corrected chi connectivity index (χ0v) is 16.1. The monoisotopic (exact) mass is 388 g/mol. The van der Waals surface area contributed by atoms with Crippen LogP contribution in [-0.4, -0.2) is 51.6 Å². The Hall–Kier alpha value is -2.96. The molecule has 1 aromatic carbocycles. The van der Waals surface area contributed by atoms with Gasteiger partial charge in [-0.1, -0.05) is 49.6 Å². The summed E-state index contributed by atoms with van der Waals surface area (Å²) in [4.78, 5) is 23.4. The van der Waals surface area contributed by atoms with Crippen LogP contribution in [0.25, 0.3) is 0 Å². The van der Waals surface area contributed by atoms with Gasteiger partial charge in [0.1, 0.15) is 13.2 Å². The Kier molecular flexibility index (Phi) is 15.6. The Labute approximate surface area is 166 Å². The average molecular weight is 388 g/mol. The van der Waals surface area contributed by atoms with Crippen LogP contribution in [-0.2, 0) is 18.9 Å². The van der Waals surface area contributed by atoms with Crippen LogP contribution in [0.3, 0.4) is 0 Å². The van der Waals surface area contributed by atoms with Crippen molar-refractivity contribution in [2.45, 2.75) is 0 Å². The van der Waals surface area contributed by atoms with Gasteiger partial charge in [-0.05, 0) is 12.1 Å². The zero-order chi connectivity index (χ0) is 21.0. The van der Waals surface area contributed by atoms with Crippen LogP contribution in [0.1, 0.15) is 20.7 Å². The van der Waals surface area contributed by atoms with Crippen LogP contribution in [0, 0.1) is 0 Å². The highest BCUT2D eigenvalue weighted by Gasteiger charge is 2.18. The number of carbonyl (C=O) groups excluding carboxylic acids is 2. The van der Waals surface area contributed by atoms with Crippen molar-refractivity contribution in [3.8, 4) is 0 Å². The SMILES string of the molecule is C=CCOC(=O)c1ccccc1C(=O)OCC=C.C=CCOCCOCC=C. The van der Waals surface area contributed by atoms with Crippen LogP contribution in [0.4, 0.5) is 0 Å². The third-order valence-corrected chi connectivity index (χ3v) is 2.87. The summed E-state index contributed by atoms with van der Waals surface area (Å²) < 4.78 is 19.9. The van der Waals surface area contributed by atoms with Gasteiger partial charge in [-0.3, -0.25) is 0 Å². The predicted molar refractivity (Wildman–Crippen MR) is 109 cm³/mol. The number of hydrogen-bond acceptors (Lipinski definition) is 6. The molecule has 0 bridgehead atoms. The van der Waals surface area contributed by atoms with Gasteiger partial charge < -0.3 is 18.9 Å². The quantitative estimate of drug-likeness (QED) is 0.291. The van der Waals surface area contributed by atoms with E-state index in [0.29, 0.717) is 26.4 Å². The van der Waals surface area contributed by atoms with Crippen molar-refractivity contribution in [3.05, 3.63) is 86.0 Å². The summed E-state index contributed by atoms with van der Waals surface area (Å²) in [7, 11) is 0. The second-order valence-electron chi connectivity index (χ2n) is 5.05. The van der Waals surface area contributed by atoms with Gasteiger partial charge in [0, 0.05) is 0 Å². The summed E-state index contributed by atoms with van der Waals surface area (Å²) in [6.45, 7) is 16.5. The van der Waals surface area contributed by atoms with E-state index in [2.05, 4.69) is 26.3 Å². The molecule has 0 unspecified atom stereocenters. The first-order valence-corrected chi connectivity index (χ1v) is 8.64. The molecule has 6 nitrogen and oxygen atoms in total. The molecule has 6 heteroatoms. The smallest absolute Gasteiger partial charge is 0.339 e. The lowest BCUT2D eigenvalue weighted by atomic mass is 10.1. The maximum atomic E-state index is 11.7. The van der Waals surface area contributed by atoms with Gasteiger partial charge in [0.2, 0.25) is 0 Å². The van der Waals surface area contributed by atoms with Gasteiger partial charge in [-0.2, -0.15) is 0 Å². The van der Waals surface area contributed by atoms with E-state index in [9.17, 15) is 9.59 Å². The second-order valence-corrected chi connectivity index (χ2v) is 5.05. The summed E-state index contributed by atoms with van der Waals surface area (Å²) in [5.74, 6) is -1.16. The molecule has 0 heterocycles. The first kappa shape index (κ1) is 25.0. The Bertz CT molecular complexity index is 581. The zero-order valence-electron chi connectivity index (χ0n) is 16.1. The van der Waals surface area contributed by atoms with Crippen molar-refractivity contribution < 1.29 is 28.5 Å². The second kappa shape index (κ2) is 17.5. The Balaban J connectivity index is 0.000000621. The van der Waals surface area contributed by atoms with Crippen molar-refractivity contribution in [1.29, 1.82) is 0 Å². The highest BCUT2D eigenvalue weighted by atomic mass is 16.5. The lowest BCUT2D eigenvalue weighted by Crippen LogP contribution is -2.14. The number of benzene rings is 1. The van der Waals surface area contributed by atoms with Crippen LogP contribution >= 0.6 is 0 Å². The van der Waals surface area contributed by atoms with E-state index in [1.807, 2.05) is 0 Å². The average Bonchev–Trinajstić information content (AvgIpc) is 2.73. The van der Waals surface area contributed by atoms with Crippen LogP contribution in [0.5, 0.6) is 0 Å².